The Labute approximate surface area is 297 Å². The number of aliphatic hydroxyl groups excluding tert-OH is 4. The van der Waals surface area contributed by atoms with Crippen molar-refractivity contribution in [1.82, 2.24) is 15.6 Å². The molecule has 16 heteroatoms. The van der Waals surface area contributed by atoms with Gasteiger partial charge in [-0.05, 0) is 53.6 Å². The van der Waals surface area contributed by atoms with E-state index in [4.69, 9.17) is 15.2 Å². The first-order valence-electron chi connectivity index (χ1n) is 16.5. The second-order valence-corrected chi connectivity index (χ2v) is 12.4. The lowest BCUT2D eigenvalue weighted by atomic mass is 9.99. The number of H-pyrrole nitrogens is 1. The van der Waals surface area contributed by atoms with Gasteiger partial charge in [0.2, 0.25) is 29.9 Å². The smallest absolute Gasteiger partial charge is 0.243 e. The summed E-state index contributed by atoms with van der Waals surface area (Å²) in [5.41, 5.74) is 8.17. The lowest BCUT2D eigenvalue weighted by molar-refractivity contribution is -0.277. The first kappa shape index (κ1) is 37.7. The summed E-state index contributed by atoms with van der Waals surface area (Å²) in [5.74, 6) is -2.30. The van der Waals surface area contributed by atoms with Crippen molar-refractivity contribution in [2.24, 2.45) is 5.73 Å². The molecule has 4 aromatic rings. The Morgan fingerprint density at radius 3 is 2.21 bits per heavy atom. The number of aromatic amines is 1. The average Bonchev–Trinajstić information content (AvgIpc) is 3.54. The van der Waals surface area contributed by atoms with Gasteiger partial charge in [0.1, 0.15) is 48.0 Å². The number of nitrogens with one attached hydrogen (secondary N) is 4. The van der Waals surface area contributed by atoms with Crippen molar-refractivity contribution in [3.05, 3.63) is 90.1 Å². The van der Waals surface area contributed by atoms with Crippen molar-refractivity contribution in [2.75, 3.05) is 11.9 Å². The van der Waals surface area contributed by atoms with E-state index in [0.717, 1.165) is 16.5 Å². The predicted octanol–water partition coefficient (Wildman–Crippen LogP) is -0.289. The van der Waals surface area contributed by atoms with Crippen LogP contribution in [-0.4, -0.2) is 104 Å². The van der Waals surface area contributed by atoms with Crippen LogP contribution < -0.4 is 26.4 Å². The highest BCUT2D eigenvalue weighted by molar-refractivity contribution is 5.95. The highest BCUT2D eigenvalue weighted by atomic mass is 16.7. The predicted molar refractivity (Wildman–Crippen MR) is 186 cm³/mol. The second-order valence-electron chi connectivity index (χ2n) is 12.4. The van der Waals surface area contributed by atoms with Crippen molar-refractivity contribution in [3.8, 4) is 11.5 Å². The zero-order valence-electron chi connectivity index (χ0n) is 27.8. The lowest BCUT2D eigenvalue weighted by Crippen LogP contribution is -2.60. The number of rotatable bonds is 15. The zero-order valence-corrected chi connectivity index (χ0v) is 27.8. The summed E-state index contributed by atoms with van der Waals surface area (Å²) in [6, 6.07) is 17.2. The molecular formula is C36H41N5O11. The quantitative estimate of drug-likeness (QED) is 0.0763. The Hall–Kier alpha value is -5.52. The van der Waals surface area contributed by atoms with Crippen LogP contribution in [0.5, 0.6) is 11.5 Å². The zero-order chi connectivity index (χ0) is 37.4. The molecule has 7 atom stereocenters. The van der Waals surface area contributed by atoms with E-state index < -0.39 is 73.0 Å². The number of aromatic hydroxyl groups is 1. The minimum Gasteiger partial charge on any atom is -0.508 e. The summed E-state index contributed by atoms with van der Waals surface area (Å²) in [5, 5.41) is 57.9. The molecular weight excluding hydrogens is 678 g/mol. The number of aromatic nitrogens is 1. The van der Waals surface area contributed by atoms with Crippen molar-refractivity contribution in [1.29, 1.82) is 0 Å². The Balaban J connectivity index is 1.18. The van der Waals surface area contributed by atoms with Gasteiger partial charge in [0.05, 0.1) is 6.61 Å². The van der Waals surface area contributed by atoms with Gasteiger partial charge in [-0.1, -0.05) is 30.3 Å². The van der Waals surface area contributed by atoms with Gasteiger partial charge in [-0.3, -0.25) is 19.2 Å². The summed E-state index contributed by atoms with van der Waals surface area (Å²) in [6.07, 6.45) is -5.90. The number of hydrogen-bond acceptors (Lipinski definition) is 11. The van der Waals surface area contributed by atoms with E-state index in [1.807, 2.05) is 24.3 Å². The topological polar surface area (TPSA) is 266 Å². The summed E-state index contributed by atoms with van der Waals surface area (Å²) < 4.78 is 10.9. The number of nitrogens with two attached hydrogens (primary N) is 1. The largest absolute Gasteiger partial charge is 0.508 e. The molecule has 0 saturated carbocycles. The Kier molecular flexibility index (Phi) is 12.4. The fourth-order valence-electron chi connectivity index (χ4n) is 5.73. The van der Waals surface area contributed by atoms with E-state index in [1.54, 1.807) is 18.3 Å². The maximum Gasteiger partial charge on any atom is 0.243 e. The van der Waals surface area contributed by atoms with Gasteiger partial charge in [0, 0.05) is 48.5 Å². The third-order valence-electron chi connectivity index (χ3n) is 8.60. The van der Waals surface area contributed by atoms with Gasteiger partial charge < -0.3 is 61.7 Å². The molecule has 1 saturated heterocycles. The van der Waals surface area contributed by atoms with Crippen LogP contribution in [0, 0.1) is 0 Å². The van der Waals surface area contributed by atoms with E-state index in [1.165, 1.54) is 36.4 Å². The van der Waals surface area contributed by atoms with Gasteiger partial charge in [0.25, 0.3) is 0 Å². The summed E-state index contributed by atoms with van der Waals surface area (Å²) in [6.45, 7) is -0.608. The molecule has 0 radical (unpaired) electrons. The van der Waals surface area contributed by atoms with Crippen LogP contribution in [0.3, 0.4) is 0 Å². The van der Waals surface area contributed by atoms with Crippen molar-refractivity contribution in [2.45, 2.75) is 68.5 Å². The van der Waals surface area contributed by atoms with Crippen LogP contribution in [0.1, 0.15) is 24.0 Å². The molecule has 0 unspecified atom stereocenters. The van der Waals surface area contributed by atoms with Gasteiger partial charge in [-0.15, -0.1) is 0 Å². The fourth-order valence-corrected chi connectivity index (χ4v) is 5.73. The number of para-hydroxylation sites is 1. The maximum absolute atomic E-state index is 13.6. The number of ether oxygens (including phenoxy) is 2. The molecule has 16 nitrogen and oxygen atoms in total. The molecule has 11 N–H and O–H groups in total. The van der Waals surface area contributed by atoms with Gasteiger partial charge in [-0.2, -0.15) is 0 Å². The molecule has 52 heavy (non-hydrogen) atoms. The standard InChI is InChI=1S/C36H41N5O11/c37-34(49)26(15-19-5-9-22(43)10-6-19)41-35(50)27(16-20-17-38-25-4-2-1-3-24(20)25)40-30(45)14-13-29(44)39-21-7-11-23(12-8-21)51-36-33(48)32(47)31(46)28(18-42)52-36/h1-12,17,26-28,31-33,36,38,42-43,46-48H,13-16,18H2,(H2,37,49)(H,39,44)(H,40,45)(H,41,50)/t26-,27-,28+,31+,32-,33+,36+/m0/s1. The normalized spacial score (nSPS) is 21.1. The summed E-state index contributed by atoms with van der Waals surface area (Å²) in [7, 11) is 0. The van der Waals surface area contributed by atoms with Crippen LogP contribution >= 0.6 is 0 Å². The number of carbonyl (C=O) groups is 4. The second kappa shape index (κ2) is 17.1. The van der Waals surface area contributed by atoms with Crippen LogP contribution in [0.4, 0.5) is 5.69 Å². The minimum absolute atomic E-state index is 0.0382. The van der Waals surface area contributed by atoms with Crippen molar-refractivity contribution in [3.63, 3.8) is 0 Å². The molecule has 4 amide bonds. The van der Waals surface area contributed by atoms with E-state index in [0.29, 0.717) is 11.3 Å². The molecule has 1 aliphatic heterocycles. The number of anilines is 1. The SMILES string of the molecule is NC(=O)[C@H](Cc1ccc(O)cc1)NC(=O)[C@H](Cc1c[nH]c2ccccc12)NC(=O)CCC(=O)Nc1ccc(O[C@@H]2O[C@H](CO)[C@@H](O)[C@H](O)[C@H]2O)cc1. The van der Waals surface area contributed by atoms with Crippen molar-refractivity contribution < 1.29 is 54.2 Å². The third-order valence-corrected chi connectivity index (χ3v) is 8.60. The molecule has 2 heterocycles. The molecule has 0 spiro atoms. The van der Waals surface area contributed by atoms with Gasteiger partial charge in [-0.25, -0.2) is 0 Å². The first-order valence-corrected chi connectivity index (χ1v) is 16.5. The highest BCUT2D eigenvalue weighted by Crippen LogP contribution is 2.25. The Bertz CT molecular complexity index is 1850. The number of benzene rings is 3. The van der Waals surface area contributed by atoms with Crippen molar-refractivity contribution >= 4 is 40.2 Å². The summed E-state index contributed by atoms with van der Waals surface area (Å²) in [4.78, 5) is 54.9. The number of fused-ring (bicyclic) bond motifs is 1. The van der Waals surface area contributed by atoms with E-state index in [9.17, 15) is 44.7 Å². The molecule has 5 rings (SSSR count). The van der Waals surface area contributed by atoms with Crippen LogP contribution in [0.2, 0.25) is 0 Å². The van der Waals surface area contributed by atoms with Crippen LogP contribution in [0.25, 0.3) is 10.9 Å². The number of primary amides is 1. The number of phenols is 1. The van der Waals surface area contributed by atoms with E-state index in [-0.39, 0.29) is 37.2 Å². The van der Waals surface area contributed by atoms with Gasteiger partial charge in [0.15, 0.2) is 0 Å². The monoisotopic (exact) mass is 719 g/mol. The summed E-state index contributed by atoms with van der Waals surface area (Å²) >= 11 is 0. The number of phenolic OH excluding ortho intramolecular Hbond substituents is 1. The molecule has 3 aromatic carbocycles. The highest BCUT2D eigenvalue weighted by Gasteiger charge is 2.44. The lowest BCUT2D eigenvalue weighted by Gasteiger charge is -2.39. The average molecular weight is 720 g/mol. The van der Waals surface area contributed by atoms with Crippen LogP contribution in [0.15, 0.2) is 79.0 Å². The molecule has 1 fully saturated rings. The number of carbonyl (C=O) groups excluding carboxylic acids is 4. The van der Waals surface area contributed by atoms with E-state index >= 15 is 0 Å². The van der Waals surface area contributed by atoms with Gasteiger partial charge >= 0.3 is 0 Å². The first-order chi connectivity index (χ1) is 24.9. The molecule has 276 valence electrons. The van der Waals surface area contributed by atoms with Crippen LogP contribution in [-0.2, 0) is 36.8 Å². The number of amides is 4. The Morgan fingerprint density at radius 2 is 1.52 bits per heavy atom. The third kappa shape index (κ3) is 9.62. The maximum atomic E-state index is 13.6. The fraction of sp³-hybridized carbons (Fsp3) is 0.333. The molecule has 0 aliphatic carbocycles. The number of aliphatic hydroxyl groups is 4. The Morgan fingerprint density at radius 1 is 0.827 bits per heavy atom. The molecule has 0 bridgehead atoms. The number of hydrogen-bond donors (Lipinski definition) is 10. The minimum atomic E-state index is -1.60. The van der Waals surface area contributed by atoms with E-state index in [2.05, 4.69) is 20.9 Å². The molecule has 1 aliphatic rings. The molecule has 1 aromatic heterocycles.